The fourth-order valence-electron chi connectivity index (χ4n) is 2.59. The Bertz CT molecular complexity index is 811. The first-order valence-electron chi connectivity index (χ1n) is 8.44. The Kier molecular flexibility index (Phi) is 7.20. The molecule has 144 valence electrons. The van der Waals surface area contributed by atoms with Crippen LogP contribution in [0.1, 0.15) is 12.5 Å². The van der Waals surface area contributed by atoms with E-state index in [9.17, 15) is 14.9 Å². The van der Waals surface area contributed by atoms with Crippen LogP contribution in [0.3, 0.4) is 0 Å². The van der Waals surface area contributed by atoms with Crippen LogP contribution in [0.5, 0.6) is 5.75 Å². The highest BCUT2D eigenvalue weighted by atomic mass is 32.2. The van der Waals surface area contributed by atoms with Crippen LogP contribution in [0.15, 0.2) is 47.4 Å². The summed E-state index contributed by atoms with van der Waals surface area (Å²) in [6.45, 7) is 2.51. The van der Waals surface area contributed by atoms with Gasteiger partial charge in [-0.05, 0) is 31.4 Å². The van der Waals surface area contributed by atoms with Gasteiger partial charge in [0.05, 0.1) is 24.8 Å². The molecule has 0 spiro atoms. The summed E-state index contributed by atoms with van der Waals surface area (Å²) in [6.07, 6.45) is 2.03. The van der Waals surface area contributed by atoms with Gasteiger partial charge in [0.15, 0.2) is 6.04 Å². The lowest BCUT2D eigenvalue weighted by molar-refractivity contribution is -0.907. The summed E-state index contributed by atoms with van der Waals surface area (Å²) in [5, 5.41) is 13.7. The number of carbonyl (C=O) groups excluding carboxylic acids is 1. The lowest BCUT2D eigenvalue weighted by Crippen LogP contribution is -3.12. The van der Waals surface area contributed by atoms with E-state index in [0.717, 1.165) is 10.5 Å². The maximum atomic E-state index is 12.6. The number of thioether (sulfide) groups is 1. The fraction of sp³-hybridized carbons (Fsp3) is 0.316. The Labute approximate surface area is 162 Å². The Hall–Kier alpha value is -2.58. The number of likely N-dealkylation sites (N-methyl/N-ethyl adjacent to an activating group) is 1. The lowest BCUT2D eigenvalue weighted by Gasteiger charge is -2.21. The Morgan fingerprint density at radius 1 is 1.30 bits per heavy atom. The molecule has 2 rings (SSSR count). The molecule has 2 aromatic rings. The van der Waals surface area contributed by atoms with Crippen molar-refractivity contribution in [2.45, 2.75) is 24.4 Å². The molecular formula is C19H24N3O4S+. The van der Waals surface area contributed by atoms with Gasteiger partial charge in [-0.2, -0.15) is 0 Å². The van der Waals surface area contributed by atoms with E-state index in [1.54, 1.807) is 11.8 Å². The molecule has 2 atom stereocenters. The van der Waals surface area contributed by atoms with Gasteiger partial charge in [-0.15, -0.1) is 11.8 Å². The van der Waals surface area contributed by atoms with Crippen LogP contribution >= 0.6 is 11.8 Å². The summed E-state index contributed by atoms with van der Waals surface area (Å²) in [6, 6.07) is 12.0. The van der Waals surface area contributed by atoms with E-state index in [4.69, 9.17) is 4.74 Å². The SMILES string of the molecule is COc1ccc([N+](=O)[O-])cc1NC(=O)[C@@H](C)[NH+](C)Cc1ccc(SC)cc1. The number of nitro groups is 1. The molecule has 8 heteroatoms. The molecule has 0 aliphatic rings. The van der Waals surface area contributed by atoms with Gasteiger partial charge in [0.2, 0.25) is 0 Å². The smallest absolute Gasteiger partial charge is 0.282 e. The minimum Gasteiger partial charge on any atom is -0.495 e. The van der Waals surface area contributed by atoms with Gasteiger partial charge in [-0.25, -0.2) is 0 Å². The number of amides is 1. The number of non-ortho nitro benzene ring substituents is 1. The molecule has 7 nitrogen and oxygen atoms in total. The molecule has 0 aliphatic carbocycles. The predicted molar refractivity (Wildman–Crippen MR) is 107 cm³/mol. The highest BCUT2D eigenvalue weighted by molar-refractivity contribution is 7.98. The summed E-state index contributed by atoms with van der Waals surface area (Å²) in [7, 11) is 3.40. The summed E-state index contributed by atoms with van der Waals surface area (Å²) in [5.74, 6) is 0.151. The third-order valence-electron chi connectivity index (χ3n) is 4.43. The zero-order valence-corrected chi connectivity index (χ0v) is 16.6. The van der Waals surface area contributed by atoms with Crippen molar-refractivity contribution in [1.29, 1.82) is 0 Å². The summed E-state index contributed by atoms with van der Waals surface area (Å²) in [5.41, 5.74) is 1.33. The number of anilines is 1. The van der Waals surface area contributed by atoms with Crippen LogP contribution in [0.4, 0.5) is 11.4 Å². The minimum absolute atomic E-state index is 0.103. The Balaban J connectivity index is 2.07. The number of hydrogen-bond acceptors (Lipinski definition) is 5. The monoisotopic (exact) mass is 390 g/mol. The number of nitro benzene ring substituents is 1. The Morgan fingerprint density at radius 2 is 1.96 bits per heavy atom. The van der Waals surface area contributed by atoms with Crippen molar-refractivity contribution in [2.24, 2.45) is 0 Å². The number of ether oxygens (including phenoxy) is 1. The van der Waals surface area contributed by atoms with Crippen LogP contribution < -0.4 is 15.0 Å². The molecule has 0 saturated carbocycles. The standard InChI is InChI=1S/C19H23N3O4S/c1-13(21(2)12-14-5-8-16(27-4)9-6-14)19(23)20-17-11-15(22(24)25)7-10-18(17)26-3/h5-11,13H,12H2,1-4H3,(H,20,23)/p+1/t13-/m1/s1. The molecule has 0 aliphatic heterocycles. The molecule has 1 amide bonds. The third kappa shape index (κ3) is 5.45. The van der Waals surface area contributed by atoms with E-state index in [-0.39, 0.29) is 17.6 Å². The molecule has 1 unspecified atom stereocenters. The van der Waals surface area contributed by atoms with Crippen molar-refractivity contribution in [1.82, 2.24) is 0 Å². The van der Waals surface area contributed by atoms with E-state index in [2.05, 4.69) is 29.6 Å². The first kappa shape index (κ1) is 20.7. The number of methoxy groups -OCH3 is 1. The second-order valence-electron chi connectivity index (χ2n) is 6.22. The summed E-state index contributed by atoms with van der Waals surface area (Å²) < 4.78 is 5.19. The average molecular weight is 390 g/mol. The third-order valence-corrected chi connectivity index (χ3v) is 5.17. The van der Waals surface area contributed by atoms with E-state index in [1.807, 2.05) is 20.2 Å². The largest absolute Gasteiger partial charge is 0.495 e. The first-order valence-corrected chi connectivity index (χ1v) is 9.66. The van der Waals surface area contributed by atoms with Crippen molar-refractivity contribution in [3.05, 3.63) is 58.1 Å². The van der Waals surface area contributed by atoms with Crippen LogP contribution in [-0.2, 0) is 11.3 Å². The van der Waals surface area contributed by atoms with Crippen LogP contribution in [0, 0.1) is 10.1 Å². The van der Waals surface area contributed by atoms with Gasteiger partial charge < -0.3 is 15.0 Å². The van der Waals surface area contributed by atoms with Crippen molar-refractivity contribution in [2.75, 3.05) is 25.7 Å². The molecule has 0 aromatic heterocycles. The molecule has 0 fully saturated rings. The van der Waals surface area contributed by atoms with Crippen molar-refractivity contribution in [3.63, 3.8) is 0 Å². The number of carbonyl (C=O) groups is 1. The maximum absolute atomic E-state index is 12.6. The first-order chi connectivity index (χ1) is 12.8. The number of benzene rings is 2. The van der Waals surface area contributed by atoms with Gasteiger partial charge in [-0.1, -0.05) is 12.1 Å². The van der Waals surface area contributed by atoms with Crippen molar-refractivity contribution < 1.29 is 19.4 Å². The zero-order chi connectivity index (χ0) is 20.0. The summed E-state index contributed by atoms with van der Waals surface area (Å²) >= 11 is 1.68. The van der Waals surface area contributed by atoms with Gasteiger partial charge in [0.25, 0.3) is 11.6 Å². The van der Waals surface area contributed by atoms with Crippen molar-refractivity contribution in [3.8, 4) is 5.75 Å². The number of rotatable bonds is 8. The highest BCUT2D eigenvalue weighted by Gasteiger charge is 2.24. The molecular weight excluding hydrogens is 366 g/mol. The van der Waals surface area contributed by atoms with Gasteiger partial charge in [0, 0.05) is 22.6 Å². The topological polar surface area (TPSA) is 85.9 Å². The molecule has 0 radical (unpaired) electrons. The zero-order valence-electron chi connectivity index (χ0n) is 15.8. The second kappa shape index (κ2) is 9.38. The average Bonchev–Trinajstić information content (AvgIpc) is 2.67. The number of quaternary nitrogens is 1. The molecule has 0 saturated heterocycles. The lowest BCUT2D eigenvalue weighted by atomic mass is 10.2. The number of hydrogen-bond donors (Lipinski definition) is 2. The molecule has 2 aromatic carbocycles. The van der Waals surface area contributed by atoms with Crippen LogP contribution in [-0.4, -0.2) is 37.3 Å². The predicted octanol–water partition coefficient (Wildman–Crippen LogP) is 2.37. The number of nitrogens with zero attached hydrogens (tertiary/aromatic N) is 1. The van der Waals surface area contributed by atoms with Crippen LogP contribution in [0.2, 0.25) is 0 Å². The van der Waals surface area contributed by atoms with Crippen molar-refractivity contribution >= 4 is 29.0 Å². The summed E-state index contributed by atoms with van der Waals surface area (Å²) in [4.78, 5) is 25.3. The van der Waals surface area contributed by atoms with Gasteiger partial charge in [0.1, 0.15) is 12.3 Å². The number of nitrogens with one attached hydrogen (secondary N) is 2. The molecule has 27 heavy (non-hydrogen) atoms. The highest BCUT2D eigenvalue weighted by Crippen LogP contribution is 2.28. The van der Waals surface area contributed by atoms with Crippen LogP contribution in [0.25, 0.3) is 0 Å². The van der Waals surface area contributed by atoms with E-state index in [1.165, 1.54) is 30.2 Å². The van der Waals surface area contributed by atoms with E-state index >= 15 is 0 Å². The van der Waals surface area contributed by atoms with E-state index < -0.39 is 4.92 Å². The minimum atomic E-state index is -0.506. The second-order valence-corrected chi connectivity index (χ2v) is 7.10. The normalized spacial score (nSPS) is 12.9. The Morgan fingerprint density at radius 3 is 2.52 bits per heavy atom. The van der Waals surface area contributed by atoms with Gasteiger partial charge in [-0.3, -0.25) is 14.9 Å². The van der Waals surface area contributed by atoms with Gasteiger partial charge >= 0.3 is 0 Å². The van der Waals surface area contributed by atoms with E-state index in [0.29, 0.717) is 18.0 Å². The maximum Gasteiger partial charge on any atom is 0.282 e. The molecule has 2 N–H and O–H groups in total. The molecule has 0 heterocycles. The fourth-order valence-corrected chi connectivity index (χ4v) is 3.00. The molecule has 0 bridgehead atoms. The quantitative estimate of drug-likeness (QED) is 0.411.